The molecule has 4 nitrogen and oxygen atoms in total. The summed E-state index contributed by atoms with van der Waals surface area (Å²) in [6, 6.07) is 4.79. The maximum atomic E-state index is 13.3. The van der Waals surface area contributed by atoms with E-state index in [1.165, 1.54) is 18.2 Å². The highest BCUT2D eigenvalue weighted by atomic mass is 32.2. The van der Waals surface area contributed by atoms with Crippen LogP contribution >= 0.6 is 0 Å². The van der Waals surface area contributed by atoms with Crippen LogP contribution in [0.1, 0.15) is 64.0 Å². The van der Waals surface area contributed by atoms with Gasteiger partial charge in [-0.2, -0.15) is 13.2 Å². The number of alkyl halides is 3. The maximum absolute atomic E-state index is 13.3. The molecule has 0 aliphatic heterocycles. The Balaban J connectivity index is 2.52. The van der Waals surface area contributed by atoms with Gasteiger partial charge < -0.3 is 9.29 Å². The van der Waals surface area contributed by atoms with E-state index in [1.807, 2.05) is 0 Å². The monoisotopic (exact) mass is 457 g/mol. The average molecular weight is 458 g/mol. The minimum absolute atomic E-state index is 0.0171. The highest BCUT2D eigenvalue weighted by Crippen LogP contribution is 2.39. The van der Waals surface area contributed by atoms with Gasteiger partial charge in [-0.05, 0) is 64.2 Å². The van der Waals surface area contributed by atoms with E-state index in [1.54, 1.807) is 20.8 Å². The number of rotatable bonds is 6. The Labute approximate surface area is 185 Å². The minimum Gasteiger partial charge on any atom is -0.591 e. The fraction of sp³-hybridized carbons (Fsp3) is 0.565. The summed E-state index contributed by atoms with van der Waals surface area (Å²) >= 11 is -1.57. The van der Waals surface area contributed by atoms with Crippen LogP contribution in [-0.4, -0.2) is 27.6 Å². The van der Waals surface area contributed by atoms with Gasteiger partial charge in [0, 0.05) is 0 Å². The quantitative estimate of drug-likeness (QED) is 0.234. The number of hydrogen-bond donors (Lipinski definition) is 0. The first kappa shape index (κ1) is 25.5. The Hall–Kier alpha value is -1.80. The Morgan fingerprint density at radius 2 is 1.87 bits per heavy atom. The summed E-state index contributed by atoms with van der Waals surface area (Å²) in [5.41, 5.74) is -0.838. The van der Waals surface area contributed by atoms with Crippen LogP contribution < -0.4 is 0 Å². The van der Waals surface area contributed by atoms with Gasteiger partial charge in [0.15, 0.2) is 0 Å². The number of carbonyl (C=O) groups is 1. The van der Waals surface area contributed by atoms with Crippen LogP contribution in [0, 0.1) is 5.41 Å². The largest absolute Gasteiger partial charge is 0.591 e. The third-order valence-electron chi connectivity index (χ3n) is 5.30. The molecule has 1 aromatic rings. The predicted octanol–water partition coefficient (Wildman–Crippen LogP) is 5.83. The molecule has 172 valence electrons. The summed E-state index contributed by atoms with van der Waals surface area (Å²) in [6.45, 7) is 9.00. The van der Waals surface area contributed by atoms with Gasteiger partial charge in [0.2, 0.25) is 0 Å². The zero-order valence-electron chi connectivity index (χ0n) is 18.3. The summed E-state index contributed by atoms with van der Waals surface area (Å²) < 4.78 is 61.0. The normalized spacial score (nSPS) is 22.6. The van der Waals surface area contributed by atoms with Crippen LogP contribution in [0.15, 0.2) is 41.3 Å². The lowest BCUT2D eigenvalue weighted by molar-refractivity contribution is -0.151. The van der Waals surface area contributed by atoms with Gasteiger partial charge in [-0.1, -0.05) is 42.0 Å². The highest BCUT2D eigenvalue weighted by molar-refractivity contribution is 7.91. The molecule has 0 aromatic heterocycles. The molecule has 0 heterocycles. The van der Waals surface area contributed by atoms with Crippen LogP contribution in [0.2, 0.25) is 0 Å². The van der Waals surface area contributed by atoms with E-state index in [-0.39, 0.29) is 13.0 Å². The zero-order chi connectivity index (χ0) is 23.3. The topological polar surface area (TPSA) is 61.7 Å². The molecule has 1 aromatic carbocycles. The fourth-order valence-corrected chi connectivity index (χ4v) is 4.30. The van der Waals surface area contributed by atoms with Crippen molar-refractivity contribution in [1.29, 1.82) is 0 Å². The van der Waals surface area contributed by atoms with E-state index in [0.717, 1.165) is 31.4 Å². The summed E-state index contributed by atoms with van der Waals surface area (Å²) in [6.07, 6.45) is 0.513. The van der Waals surface area contributed by atoms with Gasteiger partial charge in [-0.25, -0.2) is 0 Å². The zero-order valence-corrected chi connectivity index (χ0v) is 19.1. The molecule has 2 rings (SSSR count). The molecular formula is C23H30F3NO3S. The van der Waals surface area contributed by atoms with Gasteiger partial charge in [-0.15, -0.1) is 0 Å². The molecule has 8 heteroatoms. The van der Waals surface area contributed by atoms with Crippen molar-refractivity contribution >= 4 is 23.0 Å². The van der Waals surface area contributed by atoms with Crippen molar-refractivity contribution < 1.29 is 27.3 Å². The Bertz CT molecular complexity index is 800. The molecule has 1 aliphatic rings. The summed E-state index contributed by atoms with van der Waals surface area (Å²) in [5, 5.41) is 0. The molecular weight excluding hydrogens is 427 g/mol. The van der Waals surface area contributed by atoms with E-state index < -0.39 is 39.2 Å². The average Bonchev–Trinajstić information content (AvgIpc) is 2.88. The first-order valence-electron chi connectivity index (χ1n) is 10.3. The van der Waals surface area contributed by atoms with E-state index in [9.17, 15) is 22.5 Å². The Kier molecular flexibility index (Phi) is 8.39. The molecule has 0 saturated heterocycles. The lowest BCUT2D eigenvalue weighted by atomic mass is 9.74. The second kappa shape index (κ2) is 10.2. The standard InChI is InChI=1S/C23H30F3NO3S/c1-5-15-30-20(28)22(16-17-10-12-18(13-11-17)23(24,25)26)14-8-6-7-9-19(22)27-31(29)21(2,3)4/h5,10-13H,1,6-9,14-16H2,2-4H3/b27-19+/t22-,31?/m0/s1. The number of nitrogens with zero attached hydrogens (tertiary/aromatic N) is 1. The summed E-state index contributed by atoms with van der Waals surface area (Å²) in [7, 11) is 0. The fourth-order valence-electron chi connectivity index (χ4n) is 3.56. The number of halogens is 3. The third-order valence-corrected chi connectivity index (χ3v) is 6.73. The second-order valence-electron chi connectivity index (χ2n) is 8.80. The molecule has 0 spiro atoms. The van der Waals surface area contributed by atoms with Gasteiger partial charge in [-0.3, -0.25) is 4.79 Å². The molecule has 0 amide bonds. The number of benzene rings is 1. The lowest BCUT2D eigenvalue weighted by Crippen LogP contribution is -2.43. The van der Waals surface area contributed by atoms with E-state index in [4.69, 9.17) is 4.74 Å². The molecule has 2 atom stereocenters. The molecule has 0 bridgehead atoms. The van der Waals surface area contributed by atoms with Crippen LogP contribution in [0.3, 0.4) is 0 Å². The number of carbonyl (C=O) groups excluding carboxylic acids is 1. The van der Waals surface area contributed by atoms with Gasteiger partial charge in [0.05, 0.1) is 11.3 Å². The SMILES string of the molecule is C=CCOC(=O)[C@]1(Cc2ccc(C(F)(F)F)cc2)CCCCC/C1=N\[S+]([O-])C(C)(C)C. The van der Waals surface area contributed by atoms with Gasteiger partial charge in [0.1, 0.15) is 28.1 Å². The molecule has 1 aliphatic carbocycles. The third kappa shape index (κ3) is 6.59. The van der Waals surface area contributed by atoms with Crippen LogP contribution in [-0.2, 0) is 33.5 Å². The molecule has 1 unspecified atom stereocenters. The maximum Gasteiger partial charge on any atom is 0.416 e. The van der Waals surface area contributed by atoms with E-state index in [2.05, 4.69) is 11.0 Å². The van der Waals surface area contributed by atoms with E-state index >= 15 is 0 Å². The van der Waals surface area contributed by atoms with Crippen molar-refractivity contribution in [1.82, 2.24) is 0 Å². The molecule has 31 heavy (non-hydrogen) atoms. The van der Waals surface area contributed by atoms with Gasteiger partial charge in [0.25, 0.3) is 0 Å². The van der Waals surface area contributed by atoms with Crippen LogP contribution in [0.25, 0.3) is 0 Å². The van der Waals surface area contributed by atoms with Crippen molar-refractivity contribution in [3.8, 4) is 0 Å². The van der Waals surface area contributed by atoms with Crippen molar-refractivity contribution in [2.45, 2.75) is 70.2 Å². The lowest BCUT2D eigenvalue weighted by Gasteiger charge is -2.32. The van der Waals surface area contributed by atoms with Crippen molar-refractivity contribution in [2.24, 2.45) is 9.81 Å². The number of esters is 1. The number of ether oxygens (including phenoxy) is 1. The van der Waals surface area contributed by atoms with Crippen LogP contribution in [0.5, 0.6) is 0 Å². The number of hydrogen-bond acceptors (Lipinski definition) is 4. The highest BCUT2D eigenvalue weighted by Gasteiger charge is 2.47. The van der Waals surface area contributed by atoms with Crippen LogP contribution in [0.4, 0.5) is 13.2 Å². The second-order valence-corrected chi connectivity index (χ2v) is 10.7. The Morgan fingerprint density at radius 1 is 1.23 bits per heavy atom. The first-order chi connectivity index (χ1) is 14.4. The van der Waals surface area contributed by atoms with E-state index in [0.29, 0.717) is 24.1 Å². The minimum atomic E-state index is -4.43. The van der Waals surface area contributed by atoms with Crippen molar-refractivity contribution in [2.75, 3.05) is 6.61 Å². The Morgan fingerprint density at radius 3 is 2.42 bits per heavy atom. The summed E-state index contributed by atoms with van der Waals surface area (Å²) in [5.74, 6) is -0.501. The van der Waals surface area contributed by atoms with Crippen molar-refractivity contribution in [3.05, 3.63) is 48.0 Å². The van der Waals surface area contributed by atoms with Crippen molar-refractivity contribution in [3.63, 3.8) is 0 Å². The summed E-state index contributed by atoms with van der Waals surface area (Å²) in [4.78, 5) is 13.3. The predicted molar refractivity (Wildman–Crippen MR) is 117 cm³/mol. The van der Waals surface area contributed by atoms with Gasteiger partial charge >= 0.3 is 12.1 Å². The molecule has 0 radical (unpaired) electrons. The molecule has 1 saturated carbocycles. The smallest absolute Gasteiger partial charge is 0.416 e. The first-order valence-corrected chi connectivity index (χ1v) is 11.4. The molecule has 1 fully saturated rings. The molecule has 0 N–H and O–H groups in total.